The van der Waals surface area contributed by atoms with Crippen LogP contribution in [0.4, 0.5) is 0 Å². The molecule has 1 aromatic carbocycles. The fourth-order valence-corrected chi connectivity index (χ4v) is 2.71. The average Bonchev–Trinajstić information content (AvgIpc) is 3.01. The first kappa shape index (κ1) is 13.2. The van der Waals surface area contributed by atoms with Crippen molar-refractivity contribution in [2.45, 2.75) is 6.04 Å². The van der Waals surface area contributed by atoms with Crippen molar-refractivity contribution in [1.29, 1.82) is 0 Å². The molecule has 1 unspecified atom stereocenters. The molecule has 1 saturated heterocycles. The molecule has 104 valence electrons. The van der Waals surface area contributed by atoms with Crippen molar-refractivity contribution in [2.75, 3.05) is 19.6 Å². The molecule has 2 aromatic rings. The van der Waals surface area contributed by atoms with Crippen LogP contribution in [0.2, 0.25) is 5.02 Å². The van der Waals surface area contributed by atoms with Crippen molar-refractivity contribution in [3.63, 3.8) is 0 Å². The number of carbonyl (C=O) groups is 1. The third kappa shape index (κ3) is 2.71. The van der Waals surface area contributed by atoms with Gasteiger partial charge in [0.2, 0.25) is 0 Å². The molecule has 0 aliphatic carbocycles. The Bertz CT molecular complexity index is 597. The minimum atomic E-state index is 0.0449. The molecule has 1 fully saturated rings. The molecule has 0 saturated carbocycles. The van der Waals surface area contributed by atoms with Crippen molar-refractivity contribution < 1.29 is 4.79 Å². The molecule has 3 rings (SSSR count). The van der Waals surface area contributed by atoms with Crippen molar-refractivity contribution >= 4 is 17.5 Å². The highest BCUT2D eigenvalue weighted by molar-refractivity contribution is 6.30. The standard InChI is InChI=1S/C15H16ClN3O/c16-12-4-1-3-11(9-12)14-10-19(8-7-18-14)15(20)13-5-2-6-17-13/h1-6,9,14,17-18H,7-8,10H2. The van der Waals surface area contributed by atoms with Crippen LogP contribution in [0.25, 0.3) is 0 Å². The molecule has 20 heavy (non-hydrogen) atoms. The van der Waals surface area contributed by atoms with E-state index < -0.39 is 0 Å². The van der Waals surface area contributed by atoms with Crippen LogP contribution in [0.3, 0.4) is 0 Å². The number of halogens is 1. The van der Waals surface area contributed by atoms with E-state index in [-0.39, 0.29) is 11.9 Å². The Morgan fingerprint density at radius 3 is 2.95 bits per heavy atom. The van der Waals surface area contributed by atoms with Gasteiger partial charge in [0, 0.05) is 30.9 Å². The van der Waals surface area contributed by atoms with Crippen molar-refractivity contribution in [1.82, 2.24) is 15.2 Å². The molecule has 1 amide bonds. The second-order valence-corrected chi connectivity index (χ2v) is 5.33. The van der Waals surface area contributed by atoms with Crippen LogP contribution < -0.4 is 5.32 Å². The second kappa shape index (κ2) is 5.69. The van der Waals surface area contributed by atoms with E-state index >= 15 is 0 Å². The predicted octanol–water partition coefficient (Wildman–Crippen LogP) is 2.45. The first-order valence-electron chi connectivity index (χ1n) is 6.65. The molecule has 1 atom stereocenters. The van der Waals surface area contributed by atoms with Crippen LogP contribution in [0.1, 0.15) is 22.1 Å². The molecule has 2 heterocycles. The third-order valence-corrected chi connectivity index (χ3v) is 3.78. The fraction of sp³-hybridized carbons (Fsp3) is 0.267. The number of hydrogen-bond donors (Lipinski definition) is 2. The van der Waals surface area contributed by atoms with E-state index in [1.54, 1.807) is 12.3 Å². The van der Waals surface area contributed by atoms with Crippen LogP contribution in [0.15, 0.2) is 42.6 Å². The molecular weight excluding hydrogens is 274 g/mol. The van der Waals surface area contributed by atoms with E-state index in [1.165, 1.54) is 0 Å². The number of nitrogens with one attached hydrogen (secondary N) is 2. The maximum atomic E-state index is 12.3. The highest BCUT2D eigenvalue weighted by Gasteiger charge is 2.25. The van der Waals surface area contributed by atoms with Gasteiger partial charge in [-0.25, -0.2) is 0 Å². The van der Waals surface area contributed by atoms with Crippen LogP contribution >= 0.6 is 11.6 Å². The van der Waals surface area contributed by atoms with Gasteiger partial charge < -0.3 is 15.2 Å². The summed E-state index contributed by atoms with van der Waals surface area (Å²) in [5, 5.41) is 4.15. The van der Waals surface area contributed by atoms with E-state index in [1.807, 2.05) is 35.2 Å². The van der Waals surface area contributed by atoms with Crippen molar-refractivity contribution in [3.8, 4) is 0 Å². The summed E-state index contributed by atoms with van der Waals surface area (Å²) in [5.74, 6) is 0.0449. The quantitative estimate of drug-likeness (QED) is 0.892. The molecule has 0 spiro atoms. The predicted molar refractivity (Wildman–Crippen MR) is 78.9 cm³/mol. The molecule has 1 aliphatic rings. The van der Waals surface area contributed by atoms with Gasteiger partial charge in [0.25, 0.3) is 5.91 Å². The molecular formula is C15H16ClN3O. The summed E-state index contributed by atoms with van der Waals surface area (Å²) in [6.07, 6.45) is 1.77. The third-order valence-electron chi connectivity index (χ3n) is 3.54. The lowest BCUT2D eigenvalue weighted by Crippen LogP contribution is -2.48. The number of hydrogen-bond acceptors (Lipinski definition) is 2. The summed E-state index contributed by atoms with van der Waals surface area (Å²) in [5.41, 5.74) is 1.75. The number of nitrogens with zero attached hydrogens (tertiary/aromatic N) is 1. The molecule has 0 radical (unpaired) electrons. The number of H-pyrrole nitrogens is 1. The maximum absolute atomic E-state index is 12.3. The number of benzene rings is 1. The average molecular weight is 290 g/mol. The van der Waals surface area contributed by atoms with Gasteiger partial charge in [-0.15, -0.1) is 0 Å². The van der Waals surface area contributed by atoms with Gasteiger partial charge in [0.05, 0.1) is 6.04 Å². The Labute approximate surface area is 122 Å². The van der Waals surface area contributed by atoms with E-state index in [0.717, 1.165) is 23.7 Å². The molecule has 0 bridgehead atoms. The van der Waals surface area contributed by atoms with Crippen LogP contribution in [-0.2, 0) is 0 Å². The Balaban J connectivity index is 1.75. The van der Waals surface area contributed by atoms with Gasteiger partial charge in [-0.1, -0.05) is 23.7 Å². The lowest BCUT2D eigenvalue weighted by molar-refractivity contribution is 0.0697. The van der Waals surface area contributed by atoms with Crippen LogP contribution in [0, 0.1) is 0 Å². The zero-order valence-electron chi connectivity index (χ0n) is 11.0. The Hall–Kier alpha value is -1.78. The van der Waals surface area contributed by atoms with E-state index in [4.69, 9.17) is 11.6 Å². The summed E-state index contributed by atoms with van der Waals surface area (Å²) >= 11 is 6.03. The zero-order chi connectivity index (χ0) is 13.9. The number of carbonyl (C=O) groups excluding carboxylic acids is 1. The zero-order valence-corrected chi connectivity index (χ0v) is 11.7. The Morgan fingerprint density at radius 1 is 1.30 bits per heavy atom. The topological polar surface area (TPSA) is 48.1 Å². The van der Waals surface area contributed by atoms with Crippen LogP contribution in [-0.4, -0.2) is 35.4 Å². The molecule has 1 aliphatic heterocycles. The van der Waals surface area contributed by atoms with Gasteiger partial charge in [-0.2, -0.15) is 0 Å². The summed E-state index contributed by atoms with van der Waals surface area (Å²) in [6.45, 7) is 2.15. The van der Waals surface area contributed by atoms with Crippen LogP contribution in [0.5, 0.6) is 0 Å². The Kier molecular flexibility index (Phi) is 3.76. The van der Waals surface area contributed by atoms with Gasteiger partial charge in [-0.3, -0.25) is 4.79 Å². The lowest BCUT2D eigenvalue weighted by Gasteiger charge is -2.33. The minimum absolute atomic E-state index is 0.0449. The molecule has 2 N–H and O–H groups in total. The van der Waals surface area contributed by atoms with Crippen molar-refractivity contribution in [3.05, 3.63) is 58.9 Å². The van der Waals surface area contributed by atoms with Gasteiger partial charge in [-0.05, 0) is 29.8 Å². The Morgan fingerprint density at radius 2 is 2.20 bits per heavy atom. The van der Waals surface area contributed by atoms with Gasteiger partial charge >= 0.3 is 0 Å². The van der Waals surface area contributed by atoms with E-state index in [0.29, 0.717) is 12.2 Å². The van der Waals surface area contributed by atoms with E-state index in [2.05, 4.69) is 10.3 Å². The maximum Gasteiger partial charge on any atom is 0.270 e. The number of piperazine rings is 1. The number of amides is 1. The normalized spacial score (nSPS) is 19.1. The van der Waals surface area contributed by atoms with Gasteiger partial charge in [0.1, 0.15) is 5.69 Å². The lowest BCUT2D eigenvalue weighted by atomic mass is 10.0. The summed E-state index contributed by atoms with van der Waals surface area (Å²) in [6, 6.07) is 11.5. The number of aromatic nitrogens is 1. The van der Waals surface area contributed by atoms with E-state index in [9.17, 15) is 4.79 Å². The fourth-order valence-electron chi connectivity index (χ4n) is 2.51. The largest absolute Gasteiger partial charge is 0.357 e. The number of rotatable bonds is 2. The summed E-state index contributed by atoms with van der Waals surface area (Å²) < 4.78 is 0. The molecule has 4 nitrogen and oxygen atoms in total. The first-order valence-corrected chi connectivity index (χ1v) is 7.03. The number of aromatic amines is 1. The SMILES string of the molecule is O=C(c1ccc[nH]1)N1CCNC(c2cccc(Cl)c2)C1. The summed E-state index contributed by atoms with van der Waals surface area (Å²) in [4.78, 5) is 17.2. The van der Waals surface area contributed by atoms with Gasteiger partial charge in [0.15, 0.2) is 0 Å². The first-order chi connectivity index (χ1) is 9.74. The highest BCUT2D eigenvalue weighted by atomic mass is 35.5. The minimum Gasteiger partial charge on any atom is -0.357 e. The monoisotopic (exact) mass is 289 g/mol. The highest BCUT2D eigenvalue weighted by Crippen LogP contribution is 2.21. The summed E-state index contributed by atoms with van der Waals surface area (Å²) in [7, 11) is 0. The molecule has 5 heteroatoms. The smallest absolute Gasteiger partial charge is 0.270 e. The second-order valence-electron chi connectivity index (χ2n) is 4.90. The molecule has 1 aromatic heterocycles. The van der Waals surface area contributed by atoms with Crippen molar-refractivity contribution in [2.24, 2.45) is 0 Å².